The van der Waals surface area contributed by atoms with Gasteiger partial charge in [-0.05, 0) is 32.4 Å². The van der Waals surface area contributed by atoms with Crippen LogP contribution in [0.1, 0.15) is 34.1 Å². The summed E-state index contributed by atoms with van der Waals surface area (Å²) in [7, 11) is 0. The highest BCUT2D eigenvalue weighted by Gasteiger charge is 2.54. The lowest BCUT2D eigenvalue weighted by molar-refractivity contribution is -0.129. The first-order chi connectivity index (χ1) is 12.6. The highest BCUT2D eigenvalue weighted by molar-refractivity contribution is 5.93. The maximum atomic E-state index is 12.4. The minimum absolute atomic E-state index is 0.105. The maximum Gasteiger partial charge on any atom is 0.276 e. The van der Waals surface area contributed by atoms with Gasteiger partial charge in [-0.25, -0.2) is 0 Å². The molecule has 0 radical (unpaired) electrons. The Bertz CT molecular complexity index is 798. The lowest BCUT2D eigenvalue weighted by Crippen LogP contribution is -2.66. The first-order valence-corrected chi connectivity index (χ1v) is 8.93. The molecule has 2 saturated heterocycles. The van der Waals surface area contributed by atoms with Crippen LogP contribution in [0.5, 0.6) is 0 Å². The molecule has 4 rings (SSSR count). The van der Waals surface area contributed by atoms with E-state index in [0.29, 0.717) is 44.4 Å². The van der Waals surface area contributed by atoms with E-state index in [-0.39, 0.29) is 17.4 Å². The van der Waals surface area contributed by atoms with Gasteiger partial charge in [0.2, 0.25) is 0 Å². The van der Waals surface area contributed by atoms with Gasteiger partial charge < -0.3 is 18.9 Å². The predicted molar refractivity (Wildman–Crippen MR) is 92.6 cm³/mol. The van der Waals surface area contributed by atoms with Crippen molar-refractivity contribution >= 4 is 5.91 Å². The Morgan fingerprint density at radius 2 is 2.23 bits per heavy atom. The summed E-state index contributed by atoms with van der Waals surface area (Å²) in [6.07, 6.45) is 0.951. The summed E-state index contributed by atoms with van der Waals surface area (Å²) >= 11 is 0. The number of hydrogen-bond donors (Lipinski definition) is 0. The van der Waals surface area contributed by atoms with Gasteiger partial charge in [0.25, 0.3) is 5.91 Å². The van der Waals surface area contributed by atoms with Gasteiger partial charge in [-0.3, -0.25) is 9.78 Å². The third kappa shape index (κ3) is 3.24. The summed E-state index contributed by atoms with van der Waals surface area (Å²) in [6.45, 7) is 6.72. The number of aryl methyl sites for hydroxylation is 2. The summed E-state index contributed by atoms with van der Waals surface area (Å²) in [5.41, 5.74) is 2.00. The SMILES string of the molecule is Cc1cccc(COC[C@@H]2CCOC23CN(C(=O)c2cc(C)on2)C3)n1. The number of carbonyl (C=O) groups is 1. The third-order valence-electron chi connectivity index (χ3n) is 5.17. The molecule has 138 valence electrons. The normalized spacial score (nSPS) is 21.2. The quantitative estimate of drug-likeness (QED) is 0.816. The zero-order chi connectivity index (χ0) is 18.1. The molecule has 2 aliphatic heterocycles. The number of amides is 1. The summed E-state index contributed by atoms with van der Waals surface area (Å²) in [5, 5.41) is 3.80. The van der Waals surface area contributed by atoms with E-state index in [1.165, 1.54) is 0 Å². The molecule has 1 atom stereocenters. The summed E-state index contributed by atoms with van der Waals surface area (Å²) in [5.74, 6) is 0.818. The second-order valence-electron chi connectivity index (χ2n) is 7.17. The van der Waals surface area contributed by atoms with Crippen LogP contribution in [0.2, 0.25) is 0 Å². The van der Waals surface area contributed by atoms with Crippen molar-refractivity contribution in [3.63, 3.8) is 0 Å². The topological polar surface area (TPSA) is 77.7 Å². The first-order valence-electron chi connectivity index (χ1n) is 8.93. The molecule has 0 bridgehead atoms. The van der Waals surface area contributed by atoms with Crippen molar-refractivity contribution in [3.8, 4) is 0 Å². The summed E-state index contributed by atoms with van der Waals surface area (Å²) in [4.78, 5) is 18.6. The van der Waals surface area contributed by atoms with Crippen LogP contribution in [-0.4, -0.2) is 52.9 Å². The van der Waals surface area contributed by atoms with Crippen molar-refractivity contribution in [3.05, 3.63) is 47.1 Å². The van der Waals surface area contributed by atoms with Gasteiger partial charge in [-0.1, -0.05) is 11.2 Å². The van der Waals surface area contributed by atoms with Crippen molar-refractivity contribution in [2.45, 2.75) is 32.5 Å². The number of hydrogen-bond acceptors (Lipinski definition) is 6. The zero-order valence-electron chi connectivity index (χ0n) is 15.1. The minimum Gasteiger partial charge on any atom is -0.375 e. The molecule has 0 aromatic carbocycles. The van der Waals surface area contributed by atoms with Crippen LogP contribution < -0.4 is 0 Å². The number of likely N-dealkylation sites (tertiary alicyclic amines) is 1. The second kappa shape index (κ2) is 6.81. The predicted octanol–water partition coefficient (Wildman–Crippen LogP) is 2.13. The maximum absolute atomic E-state index is 12.4. The summed E-state index contributed by atoms with van der Waals surface area (Å²) < 4.78 is 16.9. The molecule has 2 aromatic heterocycles. The molecule has 0 saturated carbocycles. The minimum atomic E-state index is -0.283. The molecular formula is C19H23N3O4. The number of carbonyl (C=O) groups excluding carboxylic acids is 1. The van der Waals surface area contributed by atoms with E-state index < -0.39 is 0 Å². The van der Waals surface area contributed by atoms with Gasteiger partial charge in [0.15, 0.2) is 5.69 Å². The van der Waals surface area contributed by atoms with E-state index in [9.17, 15) is 4.79 Å². The van der Waals surface area contributed by atoms with Gasteiger partial charge in [-0.2, -0.15) is 0 Å². The number of ether oxygens (including phenoxy) is 2. The molecule has 7 nitrogen and oxygen atoms in total. The molecule has 2 fully saturated rings. The smallest absolute Gasteiger partial charge is 0.276 e. The summed E-state index contributed by atoms with van der Waals surface area (Å²) in [6, 6.07) is 7.59. The van der Waals surface area contributed by atoms with E-state index in [2.05, 4.69) is 10.1 Å². The van der Waals surface area contributed by atoms with Crippen molar-refractivity contribution in [1.29, 1.82) is 0 Å². The number of nitrogens with zero attached hydrogens (tertiary/aromatic N) is 3. The molecule has 7 heteroatoms. The third-order valence-corrected chi connectivity index (χ3v) is 5.17. The van der Waals surface area contributed by atoms with Crippen LogP contribution in [0, 0.1) is 19.8 Å². The highest BCUT2D eigenvalue weighted by atomic mass is 16.5. The number of rotatable bonds is 5. The standard InChI is InChI=1S/C19H23N3O4/c1-13-4-3-5-16(20-13)10-24-9-15-6-7-25-19(15)11-22(12-19)18(23)17-8-14(2)26-21-17/h3-5,8,15H,6-7,9-12H2,1-2H3/t15-/m0/s1. The monoisotopic (exact) mass is 357 g/mol. The van der Waals surface area contributed by atoms with Gasteiger partial charge in [-0.15, -0.1) is 0 Å². The zero-order valence-corrected chi connectivity index (χ0v) is 15.1. The second-order valence-corrected chi connectivity index (χ2v) is 7.17. The molecule has 0 aliphatic carbocycles. The number of aromatic nitrogens is 2. The van der Waals surface area contributed by atoms with Crippen molar-refractivity contribution < 1.29 is 18.8 Å². The molecule has 0 N–H and O–H groups in total. The van der Waals surface area contributed by atoms with E-state index in [4.69, 9.17) is 14.0 Å². The van der Waals surface area contributed by atoms with Crippen LogP contribution in [0.15, 0.2) is 28.8 Å². The van der Waals surface area contributed by atoms with Crippen LogP contribution in [-0.2, 0) is 16.1 Å². The first kappa shape index (κ1) is 17.2. The van der Waals surface area contributed by atoms with Crippen molar-refractivity contribution in [1.82, 2.24) is 15.0 Å². The van der Waals surface area contributed by atoms with Gasteiger partial charge in [0.1, 0.15) is 11.4 Å². The largest absolute Gasteiger partial charge is 0.375 e. The van der Waals surface area contributed by atoms with Gasteiger partial charge in [0.05, 0.1) is 32.0 Å². The average molecular weight is 357 g/mol. The molecule has 0 unspecified atom stereocenters. The number of pyridine rings is 1. The van der Waals surface area contributed by atoms with Gasteiger partial charge >= 0.3 is 0 Å². The van der Waals surface area contributed by atoms with Crippen LogP contribution >= 0.6 is 0 Å². The molecular weight excluding hydrogens is 334 g/mol. The van der Waals surface area contributed by atoms with E-state index in [1.54, 1.807) is 17.9 Å². The van der Waals surface area contributed by atoms with Crippen molar-refractivity contribution in [2.75, 3.05) is 26.3 Å². The molecule has 26 heavy (non-hydrogen) atoms. The Labute approximate surface area is 152 Å². The Balaban J connectivity index is 1.31. The fraction of sp³-hybridized carbons (Fsp3) is 0.526. The lowest BCUT2D eigenvalue weighted by atomic mass is 9.81. The van der Waals surface area contributed by atoms with E-state index in [1.807, 2.05) is 25.1 Å². The molecule has 1 amide bonds. The van der Waals surface area contributed by atoms with Crippen LogP contribution in [0.4, 0.5) is 0 Å². The van der Waals surface area contributed by atoms with Crippen LogP contribution in [0.3, 0.4) is 0 Å². The van der Waals surface area contributed by atoms with E-state index in [0.717, 1.165) is 17.8 Å². The molecule has 2 aromatic rings. The lowest BCUT2D eigenvalue weighted by Gasteiger charge is -2.49. The molecule has 1 spiro atoms. The Kier molecular flexibility index (Phi) is 4.50. The van der Waals surface area contributed by atoms with Crippen LogP contribution in [0.25, 0.3) is 0 Å². The molecule has 2 aliphatic rings. The average Bonchev–Trinajstić information content (AvgIpc) is 3.19. The fourth-order valence-electron chi connectivity index (χ4n) is 3.73. The fourth-order valence-corrected chi connectivity index (χ4v) is 3.73. The molecule has 4 heterocycles. The highest BCUT2D eigenvalue weighted by Crippen LogP contribution is 2.40. The van der Waals surface area contributed by atoms with Crippen molar-refractivity contribution in [2.24, 2.45) is 5.92 Å². The Morgan fingerprint density at radius 3 is 2.96 bits per heavy atom. The van der Waals surface area contributed by atoms with Gasteiger partial charge in [0, 0.05) is 24.3 Å². The van der Waals surface area contributed by atoms with E-state index >= 15 is 0 Å². The Hall–Kier alpha value is -2.25. The Morgan fingerprint density at radius 1 is 1.38 bits per heavy atom.